The molecule has 0 bridgehead atoms. The van der Waals surface area contributed by atoms with Crippen molar-refractivity contribution in [3.8, 4) is 0 Å². The first-order chi connectivity index (χ1) is 12.6. The Bertz CT molecular complexity index is 968. The Labute approximate surface area is 154 Å². The van der Waals surface area contributed by atoms with Gasteiger partial charge >= 0.3 is 0 Å². The molecule has 2 aromatic heterocycles. The number of morpholine rings is 1. The molecule has 0 unspecified atom stereocenters. The van der Waals surface area contributed by atoms with Crippen molar-refractivity contribution < 1.29 is 9.66 Å². The fourth-order valence-corrected chi connectivity index (χ4v) is 3.29. The number of anilines is 1. The number of fused-ring (bicyclic) bond motifs is 1. The van der Waals surface area contributed by atoms with Gasteiger partial charge in [-0.15, -0.1) is 0 Å². The van der Waals surface area contributed by atoms with Gasteiger partial charge in [-0.1, -0.05) is 12.1 Å². The number of halogens is 1. The zero-order valence-electron chi connectivity index (χ0n) is 13.8. The number of nitro groups is 1. The lowest BCUT2D eigenvalue weighted by Gasteiger charge is -2.28. The van der Waals surface area contributed by atoms with Gasteiger partial charge in [0.05, 0.1) is 23.5 Å². The fourth-order valence-electron chi connectivity index (χ4n) is 3.13. The Balaban J connectivity index is 1.72. The molecule has 1 saturated heterocycles. The van der Waals surface area contributed by atoms with Crippen LogP contribution in [0.2, 0.25) is 5.28 Å². The van der Waals surface area contributed by atoms with Gasteiger partial charge in [-0.05, 0) is 23.2 Å². The van der Waals surface area contributed by atoms with Crippen LogP contribution in [0.5, 0.6) is 0 Å². The van der Waals surface area contributed by atoms with E-state index in [9.17, 15) is 10.1 Å². The number of rotatable bonds is 4. The van der Waals surface area contributed by atoms with E-state index in [-0.39, 0.29) is 11.0 Å². The van der Waals surface area contributed by atoms with Crippen molar-refractivity contribution in [2.24, 2.45) is 0 Å². The van der Waals surface area contributed by atoms with Crippen molar-refractivity contribution >= 4 is 34.1 Å². The lowest BCUT2D eigenvalue weighted by atomic mass is 10.2. The second-order valence-corrected chi connectivity index (χ2v) is 6.36. The highest BCUT2D eigenvalue weighted by atomic mass is 35.5. The minimum Gasteiger partial charge on any atom is -0.378 e. The maximum Gasteiger partial charge on any atom is 0.269 e. The van der Waals surface area contributed by atoms with E-state index in [0.717, 1.165) is 29.9 Å². The van der Waals surface area contributed by atoms with Crippen molar-refractivity contribution in [2.45, 2.75) is 6.54 Å². The van der Waals surface area contributed by atoms with Gasteiger partial charge in [-0.2, -0.15) is 9.97 Å². The quantitative estimate of drug-likeness (QED) is 0.397. The summed E-state index contributed by atoms with van der Waals surface area (Å²) >= 11 is 6.16. The average molecular weight is 374 g/mol. The molecule has 4 rings (SSSR count). The molecule has 1 aliphatic heterocycles. The van der Waals surface area contributed by atoms with Crippen LogP contribution in [0, 0.1) is 10.1 Å². The predicted octanol–water partition coefficient (Wildman–Crippen LogP) is 2.88. The summed E-state index contributed by atoms with van der Waals surface area (Å²) in [7, 11) is 0. The largest absolute Gasteiger partial charge is 0.378 e. The van der Waals surface area contributed by atoms with Gasteiger partial charge in [0, 0.05) is 38.0 Å². The van der Waals surface area contributed by atoms with Gasteiger partial charge in [0.2, 0.25) is 5.28 Å². The summed E-state index contributed by atoms with van der Waals surface area (Å²) in [5, 5.41) is 12.1. The van der Waals surface area contributed by atoms with Gasteiger partial charge in [-0.3, -0.25) is 10.1 Å². The summed E-state index contributed by atoms with van der Waals surface area (Å²) in [6, 6.07) is 8.53. The van der Waals surface area contributed by atoms with Gasteiger partial charge in [0.25, 0.3) is 5.69 Å². The molecule has 0 aliphatic carbocycles. The van der Waals surface area contributed by atoms with Crippen molar-refractivity contribution in [1.82, 2.24) is 14.5 Å². The lowest BCUT2D eigenvalue weighted by molar-refractivity contribution is -0.384. The van der Waals surface area contributed by atoms with Crippen molar-refractivity contribution in [1.29, 1.82) is 0 Å². The van der Waals surface area contributed by atoms with Gasteiger partial charge in [0.15, 0.2) is 0 Å². The maximum atomic E-state index is 11.0. The van der Waals surface area contributed by atoms with Crippen LogP contribution in [-0.2, 0) is 11.3 Å². The first kappa shape index (κ1) is 16.7. The van der Waals surface area contributed by atoms with Crippen LogP contribution >= 0.6 is 11.6 Å². The van der Waals surface area contributed by atoms with E-state index in [1.165, 1.54) is 6.07 Å². The molecule has 0 atom stereocenters. The summed E-state index contributed by atoms with van der Waals surface area (Å²) in [6.45, 7) is 3.26. The first-order valence-electron chi connectivity index (χ1n) is 8.20. The Morgan fingerprint density at radius 3 is 2.81 bits per heavy atom. The predicted molar refractivity (Wildman–Crippen MR) is 97.8 cm³/mol. The highest BCUT2D eigenvalue weighted by Gasteiger charge is 2.19. The van der Waals surface area contributed by atoms with Gasteiger partial charge < -0.3 is 14.2 Å². The molecule has 0 radical (unpaired) electrons. The monoisotopic (exact) mass is 373 g/mol. The standard InChI is InChI=1S/C17H16ClN5O3/c18-17-19-15(21-6-8-26-9-7-21)14-4-5-22(16(14)20-17)11-12-2-1-3-13(10-12)23(24)25/h1-5,10H,6-9,11H2. The minimum atomic E-state index is -0.396. The molecule has 0 amide bonds. The molecule has 8 nitrogen and oxygen atoms in total. The zero-order valence-corrected chi connectivity index (χ0v) is 14.6. The summed E-state index contributed by atoms with van der Waals surface area (Å²) in [5.74, 6) is 0.793. The van der Waals surface area contributed by atoms with E-state index in [1.807, 2.05) is 22.9 Å². The third-order valence-electron chi connectivity index (χ3n) is 4.36. The highest BCUT2D eigenvalue weighted by molar-refractivity contribution is 6.28. The van der Waals surface area contributed by atoms with Gasteiger partial charge in [0.1, 0.15) is 11.5 Å². The Morgan fingerprint density at radius 1 is 1.23 bits per heavy atom. The van der Waals surface area contributed by atoms with Crippen LogP contribution in [-0.4, -0.2) is 45.8 Å². The van der Waals surface area contributed by atoms with Crippen LogP contribution < -0.4 is 4.90 Å². The Morgan fingerprint density at radius 2 is 2.04 bits per heavy atom. The number of nitrogens with zero attached hydrogens (tertiary/aromatic N) is 5. The molecule has 3 aromatic rings. The van der Waals surface area contributed by atoms with Crippen LogP contribution in [0.15, 0.2) is 36.5 Å². The molecule has 134 valence electrons. The molecule has 9 heteroatoms. The minimum absolute atomic E-state index is 0.0700. The fraction of sp³-hybridized carbons (Fsp3) is 0.294. The number of aromatic nitrogens is 3. The van der Waals surface area contributed by atoms with E-state index in [4.69, 9.17) is 16.3 Å². The Hall–Kier alpha value is -2.71. The lowest BCUT2D eigenvalue weighted by Crippen LogP contribution is -2.37. The SMILES string of the molecule is O=[N+]([O-])c1cccc(Cn2ccc3c(N4CCOCC4)nc(Cl)nc32)c1. The molecule has 1 aliphatic rings. The normalized spacial score (nSPS) is 14.7. The van der Waals surface area contributed by atoms with E-state index in [1.54, 1.807) is 12.1 Å². The number of hydrogen-bond acceptors (Lipinski definition) is 6. The number of benzene rings is 1. The van der Waals surface area contributed by atoms with Crippen LogP contribution in [0.1, 0.15) is 5.56 Å². The highest BCUT2D eigenvalue weighted by Crippen LogP contribution is 2.28. The average Bonchev–Trinajstić information content (AvgIpc) is 3.04. The second kappa shape index (κ2) is 6.89. The van der Waals surface area contributed by atoms with E-state index in [0.29, 0.717) is 25.4 Å². The number of ether oxygens (including phenoxy) is 1. The first-order valence-corrected chi connectivity index (χ1v) is 8.58. The summed E-state index contributed by atoms with van der Waals surface area (Å²) in [5.41, 5.74) is 1.60. The van der Waals surface area contributed by atoms with Crippen LogP contribution in [0.4, 0.5) is 11.5 Å². The van der Waals surface area contributed by atoms with Gasteiger partial charge in [-0.25, -0.2) is 0 Å². The Kier molecular flexibility index (Phi) is 4.44. The second-order valence-electron chi connectivity index (χ2n) is 6.02. The third kappa shape index (κ3) is 3.21. The van der Waals surface area contributed by atoms with Crippen molar-refractivity contribution in [3.63, 3.8) is 0 Å². The molecular weight excluding hydrogens is 358 g/mol. The summed E-state index contributed by atoms with van der Waals surface area (Å²) in [4.78, 5) is 21.5. The van der Waals surface area contributed by atoms with E-state index in [2.05, 4.69) is 14.9 Å². The molecule has 3 heterocycles. The van der Waals surface area contributed by atoms with Crippen LogP contribution in [0.3, 0.4) is 0 Å². The van der Waals surface area contributed by atoms with E-state index < -0.39 is 4.92 Å². The maximum absolute atomic E-state index is 11.0. The van der Waals surface area contributed by atoms with E-state index >= 15 is 0 Å². The molecule has 1 aromatic carbocycles. The molecule has 1 fully saturated rings. The smallest absolute Gasteiger partial charge is 0.269 e. The molecule has 0 saturated carbocycles. The molecular formula is C17H16ClN5O3. The third-order valence-corrected chi connectivity index (χ3v) is 4.53. The number of nitro benzene ring substituents is 1. The number of non-ortho nitro benzene ring substituents is 1. The summed E-state index contributed by atoms with van der Waals surface area (Å²) in [6.07, 6.45) is 1.90. The zero-order chi connectivity index (χ0) is 18.1. The topological polar surface area (TPSA) is 86.3 Å². The molecule has 26 heavy (non-hydrogen) atoms. The van der Waals surface area contributed by atoms with Crippen molar-refractivity contribution in [3.05, 3.63) is 57.5 Å². The van der Waals surface area contributed by atoms with Crippen molar-refractivity contribution in [2.75, 3.05) is 31.2 Å². The van der Waals surface area contributed by atoms with Crippen LogP contribution in [0.25, 0.3) is 11.0 Å². The summed E-state index contributed by atoms with van der Waals surface area (Å²) < 4.78 is 7.32. The molecule has 0 spiro atoms. The molecule has 0 N–H and O–H groups in total. The number of hydrogen-bond donors (Lipinski definition) is 0.